The zero-order chi connectivity index (χ0) is 18.7. The lowest BCUT2D eigenvalue weighted by Gasteiger charge is -2.38. The average Bonchev–Trinajstić information content (AvgIpc) is 2.59. The van der Waals surface area contributed by atoms with E-state index in [1.54, 1.807) is 0 Å². The molecule has 0 fully saturated rings. The van der Waals surface area contributed by atoms with E-state index >= 15 is 0 Å². The van der Waals surface area contributed by atoms with Crippen LogP contribution >= 0.6 is 0 Å². The Morgan fingerprint density at radius 1 is 1.27 bits per heavy atom. The summed E-state index contributed by atoms with van der Waals surface area (Å²) < 4.78 is 12.0. The lowest BCUT2D eigenvalue weighted by atomic mass is 9.89. The Morgan fingerprint density at radius 2 is 2.00 bits per heavy atom. The first kappa shape index (κ1) is 18.3. The van der Waals surface area contributed by atoms with Gasteiger partial charge in [-0.05, 0) is 51.0 Å². The molecule has 3 rings (SSSR count). The molecule has 4 heteroatoms. The van der Waals surface area contributed by atoms with Crippen molar-refractivity contribution in [2.45, 2.75) is 58.3 Å². The molecule has 26 heavy (non-hydrogen) atoms. The first-order valence-electron chi connectivity index (χ1n) is 9.19. The minimum Gasteiger partial charge on any atom is -0.487 e. The Bertz CT molecular complexity index is 770. The van der Waals surface area contributed by atoms with Crippen LogP contribution < -0.4 is 14.8 Å². The number of para-hydroxylation sites is 1. The van der Waals surface area contributed by atoms with Crippen molar-refractivity contribution in [2.24, 2.45) is 0 Å². The summed E-state index contributed by atoms with van der Waals surface area (Å²) in [5.74, 6) is 1.46. The zero-order valence-corrected chi connectivity index (χ0v) is 15.9. The van der Waals surface area contributed by atoms with Crippen LogP contribution in [0.25, 0.3) is 0 Å². The van der Waals surface area contributed by atoms with Gasteiger partial charge in [0.05, 0.1) is 6.04 Å². The van der Waals surface area contributed by atoms with Crippen molar-refractivity contribution < 1.29 is 14.3 Å². The van der Waals surface area contributed by atoms with Gasteiger partial charge in [0.1, 0.15) is 17.1 Å². The normalized spacial score (nSPS) is 19.0. The summed E-state index contributed by atoms with van der Waals surface area (Å²) in [5.41, 5.74) is 1.84. The van der Waals surface area contributed by atoms with E-state index in [9.17, 15) is 4.79 Å². The van der Waals surface area contributed by atoms with Crippen LogP contribution in [0.3, 0.4) is 0 Å². The highest BCUT2D eigenvalue weighted by molar-refractivity contribution is 5.81. The first-order valence-corrected chi connectivity index (χ1v) is 9.19. The van der Waals surface area contributed by atoms with Crippen molar-refractivity contribution in [1.29, 1.82) is 0 Å². The van der Waals surface area contributed by atoms with E-state index in [1.165, 1.54) is 0 Å². The fourth-order valence-electron chi connectivity index (χ4n) is 3.34. The maximum absolute atomic E-state index is 12.9. The molecule has 4 nitrogen and oxygen atoms in total. The summed E-state index contributed by atoms with van der Waals surface area (Å²) in [7, 11) is 0. The number of ether oxygens (including phenoxy) is 2. The number of hydrogen-bond donors (Lipinski definition) is 1. The van der Waals surface area contributed by atoms with Gasteiger partial charge in [0.15, 0.2) is 6.10 Å². The highest BCUT2D eigenvalue weighted by Gasteiger charge is 2.35. The number of amides is 1. The highest BCUT2D eigenvalue weighted by Crippen LogP contribution is 2.40. The van der Waals surface area contributed by atoms with Crippen LogP contribution in [0, 0.1) is 6.92 Å². The molecule has 2 atom stereocenters. The molecule has 0 unspecified atom stereocenters. The quantitative estimate of drug-likeness (QED) is 0.856. The Balaban J connectivity index is 1.77. The molecule has 2 aromatic carbocycles. The van der Waals surface area contributed by atoms with Gasteiger partial charge < -0.3 is 14.8 Å². The molecular weight excluding hydrogens is 326 g/mol. The average molecular weight is 353 g/mol. The van der Waals surface area contributed by atoms with Crippen molar-refractivity contribution in [3.05, 3.63) is 59.7 Å². The van der Waals surface area contributed by atoms with E-state index in [1.807, 2.05) is 56.3 Å². The molecule has 1 aliphatic heterocycles. The predicted molar refractivity (Wildman–Crippen MR) is 103 cm³/mol. The molecule has 0 radical (unpaired) electrons. The lowest BCUT2D eigenvalue weighted by Crippen LogP contribution is -2.45. The second kappa shape index (κ2) is 7.40. The number of fused-ring (bicyclic) bond motifs is 1. The number of rotatable bonds is 5. The van der Waals surface area contributed by atoms with Crippen molar-refractivity contribution in [3.8, 4) is 11.5 Å². The molecule has 2 aromatic rings. The van der Waals surface area contributed by atoms with Crippen LogP contribution in [0.2, 0.25) is 0 Å². The minimum atomic E-state index is -0.516. The number of nitrogens with one attached hydrogen (secondary N) is 1. The third kappa shape index (κ3) is 4.18. The van der Waals surface area contributed by atoms with Crippen LogP contribution in [-0.2, 0) is 4.79 Å². The molecule has 0 saturated carbocycles. The molecule has 1 heterocycles. The van der Waals surface area contributed by atoms with Gasteiger partial charge in [-0.2, -0.15) is 0 Å². The van der Waals surface area contributed by atoms with Crippen LogP contribution in [0.15, 0.2) is 48.5 Å². The second-order valence-electron chi connectivity index (χ2n) is 7.50. The molecule has 0 saturated heterocycles. The van der Waals surface area contributed by atoms with Crippen molar-refractivity contribution >= 4 is 5.91 Å². The molecule has 0 bridgehead atoms. The molecule has 0 aliphatic carbocycles. The molecule has 138 valence electrons. The number of hydrogen-bond acceptors (Lipinski definition) is 3. The van der Waals surface area contributed by atoms with Gasteiger partial charge in [0, 0.05) is 12.0 Å². The van der Waals surface area contributed by atoms with E-state index in [2.05, 4.69) is 25.2 Å². The minimum absolute atomic E-state index is 0.0877. The molecular formula is C22H27NO3. The second-order valence-corrected chi connectivity index (χ2v) is 7.50. The largest absolute Gasteiger partial charge is 0.487 e. The summed E-state index contributed by atoms with van der Waals surface area (Å²) in [5, 5.41) is 3.18. The number of benzene rings is 2. The van der Waals surface area contributed by atoms with Crippen molar-refractivity contribution in [3.63, 3.8) is 0 Å². The summed E-state index contributed by atoms with van der Waals surface area (Å²) in [6.45, 7) is 8.10. The molecule has 0 aromatic heterocycles. The predicted octanol–water partition coefficient (Wildman–Crippen LogP) is 4.57. The van der Waals surface area contributed by atoms with Gasteiger partial charge in [-0.15, -0.1) is 0 Å². The van der Waals surface area contributed by atoms with E-state index in [-0.39, 0.29) is 17.6 Å². The van der Waals surface area contributed by atoms with E-state index < -0.39 is 6.10 Å². The van der Waals surface area contributed by atoms with Crippen LogP contribution in [0.4, 0.5) is 0 Å². The maximum atomic E-state index is 12.9. The third-order valence-corrected chi connectivity index (χ3v) is 4.63. The zero-order valence-electron chi connectivity index (χ0n) is 15.9. The monoisotopic (exact) mass is 353 g/mol. The van der Waals surface area contributed by atoms with Gasteiger partial charge in [0.25, 0.3) is 5.91 Å². The Morgan fingerprint density at radius 3 is 2.69 bits per heavy atom. The summed E-state index contributed by atoms with van der Waals surface area (Å²) >= 11 is 0. The number of aryl methyl sites for hydroxylation is 1. The number of carbonyl (C=O) groups is 1. The SMILES string of the molecule is CC[C@@H](Oc1ccccc1)C(=O)N[C@H]1CC(C)(C)Oc2cc(C)ccc21. The molecule has 1 amide bonds. The highest BCUT2D eigenvalue weighted by atomic mass is 16.5. The van der Waals surface area contributed by atoms with Crippen LogP contribution in [-0.4, -0.2) is 17.6 Å². The first-order chi connectivity index (χ1) is 12.4. The fraction of sp³-hybridized carbons (Fsp3) is 0.409. The van der Waals surface area contributed by atoms with Crippen LogP contribution in [0.1, 0.15) is 50.8 Å². The topological polar surface area (TPSA) is 47.6 Å². The molecule has 1 aliphatic rings. The maximum Gasteiger partial charge on any atom is 0.261 e. The lowest BCUT2D eigenvalue weighted by molar-refractivity contribution is -0.129. The smallest absolute Gasteiger partial charge is 0.261 e. The van der Waals surface area contributed by atoms with Gasteiger partial charge in [-0.1, -0.05) is 37.3 Å². The third-order valence-electron chi connectivity index (χ3n) is 4.63. The summed E-state index contributed by atoms with van der Waals surface area (Å²) in [6, 6.07) is 15.5. The Labute approximate surface area is 155 Å². The van der Waals surface area contributed by atoms with Crippen LogP contribution in [0.5, 0.6) is 11.5 Å². The van der Waals surface area contributed by atoms with Gasteiger partial charge in [0.2, 0.25) is 0 Å². The molecule has 1 N–H and O–H groups in total. The standard InChI is InChI=1S/C22H27NO3/c1-5-19(25-16-9-7-6-8-10-16)21(24)23-18-14-22(3,4)26-20-13-15(2)11-12-17(18)20/h6-13,18-19H,5,14H2,1-4H3,(H,23,24)/t18-,19+/m0/s1. The van der Waals surface area contributed by atoms with Crippen molar-refractivity contribution in [2.75, 3.05) is 0 Å². The Kier molecular flexibility index (Phi) is 5.21. The van der Waals surface area contributed by atoms with Gasteiger partial charge >= 0.3 is 0 Å². The van der Waals surface area contributed by atoms with Gasteiger partial charge in [-0.25, -0.2) is 0 Å². The Hall–Kier alpha value is -2.49. The fourth-order valence-corrected chi connectivity index (χ4v) is 3.34. The summed E-state index contributed by atoms with van der Waals surface area (Å²) in [4.78, 5) is 12.9. The van der Waals surface area contributed by atoms with E-state index in [0.717, 1.165) is 23.3 Å². The van der Waals surface area contributed by atoms with Gasteiger partial charge in [-0.3, -0.25) is 4.79 Å². The van der Waals surface area contributed by atoms with Crippen molar-refractivity contribution in [1.82, 2.24) is 5.32 Å². The van der Waals surface area contributed by atoms with E-state index in [4.69, 9.17) is 9.47 Å². The van der Waals surface area contributed by atoms with E-state index in [0.29, 0.717) is 12.2 Å². The summed E-state index contributed by atoms with van der Waals surface area (Å²) in [6.07, 6.45) is 0.808. The number of carbonyl (C=O) groups excluding carboxylic acids is 1. The molecule has 0 spiro atoms.